The molecule has 2 unspecified atom stereocenters. The summed E-state index contributed by atoms with van der Waals surface area (Å²) in [4.78, 5) is 0. The van der Waals surface area contributed by atoms with Gasteiger partial charge in [0.25, 0.3) is 0 Å². The summed E-state index contributed by atoms with van der Waals surface area (Å²) in [5, 5.41) is 3.56. The molecule has 1 aromatic rings. The van der Waals surface area contributed by atoms with E-state index < -0.39 is 0 Å². The molecule has 0 spiro atoms. The summed E-state index contributed by atoms with van der Waals surface area (Å²) < 4.78 is 10.9. The molecule has 3 nitrogen and oxygen atoms in total. The Kier molecular flexibility index (Phi) is 6.30. The summed E-state index contributed by atoms with van der Waals surface area (Å²) in [5.74, 6) is 2.50. The third-order valence-electron chi connectivity index (χ3n) is 3.10. The van der Waals surface area contributed by atoms with Gasteiger partial charge in [-0.05, 0) is 31.0 Å². The molecule has 0 aromatic carbocycles. The lowest BCUT2D eigenvalue weighted by atomic mass is 9.97. The maximum absolute atomic E-state index is 5.82. The average molecular weight is 239 g/mol. The highest BCUT2D eigenvalue weighted by Gasteiger charge is 2.20. The zero-order valence-corrected chi connectivity index (χ0v) is 11.5. The molecule has 1 rings (SSSR count). The van der Waals surface area contributed by atoms with Crippen LogP contribution < -0.4 is 5.32 Å². The third-order valence-corrected chi connectivity index (χ3v) is 3.10. The first-order valence-corrected chi connectivity index (χ1v) is 6.53. The maximum Gasteiger partial charge on any atom is 0.129 e. The van der Waals surface area contributed by atoms with Gasteiger partial charge in [-0.2, -0.15) is 0 Å². The lowest BCUT2D eigenvalue weighted by Crippen LogP contribution is -2.27. The number of methoxy groups -OCH3 is 1. The van der Waals surface area contributed by atoms with Gasteiger partial charge in [0.15, 0.2) is 0 Å². The smallest absolute Gasteiger partial charge is 0.129 e. The lowest BCUT2D eigenvalue weighted by Gasteiger charge is -2.22. The van der Waals surface area contributed by atoms with Gasteiger partial charge in [-0.3, -0.25) is 0 Å². The van der Waals surface area contributed by atoms with Crippen molar-refractivity contribution in [2.75, 3.05) is 13.7 Å². The Morgan fingerprint density at radius 1 is 1.35 bits per heavy atom. The summed E-state index contributed by atoms with van der Waals surface area (Å²) in [6.07, 6.45) is 2.28. The first-order valence-electron chi connectivity index (χ1n) is 6.53. The maximum atomic E-state index is 5.82. The van der Waals surface area contributed by atoms with Crippen molar-refractivity contribution in [1.82, 2.24) is 5.32 Å². The molecule has 0 bridgehead atoms. The summed E-state index contributed by atoms with van der Waals surface area (Å²) in [6.45, 7) is 8.21. The largest absolute Gasteiger partial charge is 0.462 e. The quantitative estimate of drug-likeness (QED) is 0.753. The molecule has 0 aliphatic heterocycles. The van der Waals surface area contributed by atoms with Gasteiger partial charge in [-0.1, -0.05) is 27.2 Å². The van der Waals surface area contributed by atoms with Crippen LogP contribution in [0.2, 0.25) is 0 Å². The van der Waals surface area contributed by atoms with Gasteiger partial charge in [0, 0.05) is 7.11 Å². The summed E-state index contributed by atoms with van der Waals surface area (Å²) in [5.41, 5.74) is 0. The molecule has 17 heavy (non-hydrogen) atoms. The molecule has 0 radical (unpaired) electrons. The minimum absolute atomic E-state index is 0.311. The van der Waals surface area contributed by atoms with Crippen molar-refractivity contribution in [1.29, 1.82) is 0 Å². The molecule has 1 heterocycles. The van der Waals surface area contributed by atoms with Crippen LogP contribution in [0.15, 0.2) is 16.5 Å². The molecule has 0 aliphatic carbocycles. The second-order valence-electron chi connectivity index (χ2n) is 4.55. The Labute approximate surface area is 105 Å². The van der Waals surface area contributed by atoms with Gasteiger partial charge >= 0.3 is 0 Å². The molecular formula is C14H25NO2. The molecule has 0 fully saturated rings. The Bertz CT molecular complexity index is 309. The van der Waals surface area contributed by atoms with E-state index in [1.807, 2.05) is 6.07 Å². The van der Waals surface area contributed by atoms with Gasteiger partial charge < -0.3 is 14.5 Å². The first-order chi connectivity index (χ1) is 8.22. The normalized spacial score (nSPS) is 14.8. The van der Waals surface area contributed by atoms with E-state index in [9.17, 15) is 0 Å². The minimum Gasteiger partial charge on any atom is -0.462 e. The van der Waals surface area contributed by atoms with Crippen LogP contribution in [-0.4, -0.2) is 13.7 Å². The standard InChI is InChI=1S/C14H25NO2/c1-5-9-15-14(11(3)6-2)13-8-7-12(17-13)10-16-4/h7-8,11,14-15H,5-6,9-10H2,1-4H3. The van der Waals surface area contributed by atoms with Crippen LogP contribution >= 0.6 is 0 Å². The Morgan fingerprint density at radius 3 is 2.71 bits per heavy atom. The van der Waals surface area contributed by atoms with E-state index in [-0.39, 0.29) is 0 Å². The van der Waals surface area contributed by atoms with E-state index in [0.717, 1.165) is 30.9 Å². The molecule has 0 saturated carbocycles. The van der Waals surface area contributed by atoms with Crippen LogP contribution in [0.1, 0.15) is 51.2 Å². The number of nitrogens with one attached hydrogen (secondary N) is 1. The van der Waals surface area contributed by atoms with Crippen LogP contribution in [0.25, 0.3) is 0 Å². The van der Waals surface area contributed by atoms with Gasteiger partial charge in [0.05, 0.1) is 6.04 Å². The minimum atomic E-state index is 0.311. The number of hydrogen-bond donors (Lipinski definition) is 1. The highest BCUT2D eigenvalue weighted by atomic mass is 16.5. The fourth-order valence-electron chi connectivity index (χ4n) is 1.90. The molecule has 2 atom stereocenters. The second kappa shape index (κ2) is 7.51. The number of rotatable bonds is 8. The molecule has 1 aromatic heterocycles. The van der Waals surface area contributed by atoms with Crippen molar-refractivity contribution in [3.63, 3.8) is 0 Å². The van der Waals surface area contributed by atoms with E-state index in [4.69, 9.17) is 9.15 Å². The van der Waals surface area contributed by atoms with E-state index in [2.05, 4.69) is 32.2 Å². The van der Waals surface area contributed by atoms with Gasteiger partial charge in [0.1, 0.15) is 18.1 Å². The van der Waals surface area contributed by atoms with Gasteiger partial charge in [-0.25, -0.2) is 0 Å². The van der Waals surface area contributed by atoms with Crippen molar-refractivity contribution in [2.24, 2.45) is 5.92 Å². The fourth-order valence-corrected chi connectivity index (χ4v) is 1.90. The fraction of sp³-hybridized carbons (Fsp3) is 0.714. The van der Waals surface area contributed by atoms with Crippen LogP contribution in [0.4, 0.5) is 0 Å². The van der Waals surface area contributed by atoms with E-state index in [0.29, 0.717) is 18.6 Å². The number of furan rings is 1. The van der Waals surface area contributed by atoms with Crippen LogP contribution in [0, 0.1) is 5.92 Å². The highest BCUT2D eigenvalue weighted by molar-refractivity contribution is 5.11. The van der Waals surface area contributed by atoms with E-state index >= 15 is 0 Å². The molecule has 0 saturated heterocycles. The van der Waals surface area contributed by atoms with Crippen LogP contribution in [0.3, 0.4) is 0 Å². The van der Waals surface area contributed by atoms with Crippen molar-refractivity contribution < 1.29 is 9.15 Å². The summed E-state index contributed by atoms with van der Waals surface area (Å²) >= 11 is 0. The first kappa shape index (κ1) is 14.3. The summed E-state index contributed by atoms with van der Waals surface area (Å²) in [6, 6.07) is 4.38. The number of ether oxygens (including phenoxy) is 1. The molecule has 1 N–H and O–H groups in total. The summed E-state index contributed by atoms with van der Waals surface area (Å²) in [7, 11) is 1.68. The van der Waals surface area contributed by atoms with Crippen molar-refractivity contribution in [3.05, 3.63) is 23.7 Å². The van der Waals surface area contributed by atoms with Crippen molar-refractivity contribution in [2.45, 2.75) is 46.3 Å². The lowest BCUT2D eigenvalue weighted by molar-refractivity contribution is 0.160. The van der Waals surface area contributed by atoms with Crippen LogP contribution in [0.5, 0.6) is 0 Å². The molecule has 98 valence electrons. The number of hydrogen-bond acceptors (Lipinski definition) is 3. The van der Waals surface area contributed by atoms with E-state index in [1.54, 1.807) is 7.11 Å². The average Bonchev–Trinajstić information content (AvgIpc) is 2.78. The zero-order valence-electron chi connectivity index (χ0n) is 11.5. The van der Waals surface area contributed by atoms with Gasteiger partial charge in [0.2, 0.25) is 0 Å². The SMILES string of the molecule is CCCNC(c1ccc(COC)o1)C(C)CC. The Morgan fingerprint density at radius 2 is 2.12 bits per heavy atom. The highest BCUT2D eigenvalue weighted by Crippen LogP contribution is 2.26. The van der Waals surface area contributed by atoms with Crippen molar-refractivity contribution >= 4 is 0 Å². The Balaban J connectivity index is 2.72. The molecule has 3 heteroatoms. The Hall–Kier alpha value is -0.800. The predicted octanol–water partition coefficient (Wildman–Crippen LogP) is 3.51. The molecule has 0 amide bonds. The van der Waals surface area contributed by atoms with Gasteiger partial charge in [-0.15, -0.1) is 0 Å². The van der Waals surface area contributed by atoms with E-state index in [1.165, 1.54) is 0 Å². The topological polar surface area (TPSA) is 34.4 Å². The van der Waals surface area contributed by atoms with Crippen molar-refractivity contribution in [3.8, 4) is 0 Å². The second-order valence-corrected chi connectivity index (χ2v) is 4.55. The molecular weight excluding hydrogens is 214 g/mol. The molecule has 0 aliphatic rings. The monoisotopic (exact) mass is 239 g/mol. The zero-order chi connectivity index (χ0) is 12.7. The van der Waals surface area contributed by atoms with Crippen LogP contribution in [-0.2, 0) is 11.3 Å². The predicted molar refractivity (Wildman–Crippen MR) is 69.9 cm³/mol. The third kappa shape index (κ3) is 4.17.